The zero-order chi connectivity index (χ0) is 12.1. The Kier molecular flexibility index (Phi) is 3.75. The van der Waals surface area contributed by atoms with Gasteiger partial charge in [-0.1, -0.05) is 30.5 Å². The van der Waals surface area contributed by atoms with E-state index in [0.717, 1.165) is 0 Å². The number of aromatic nitrogens is 2. The number of thioether (sulfide) groups is 1. The molecule has 0 saturated carbocycles. The highest BCUT2D eigenvalue weighted by Gasteiger charge is 2.11. The van der Waals surface area contributed by atoms with Gasteiger partial charge in [0.15, 0.2) is 0 Å². The van der Waals surface area contributed by atoms with Crippen LogP contribution in [0.2, 0.25) is 0 Å². The van der Waals surface area contributed by atoms with E-state index < -0.39 is 0 Å². The summed E-state index contributed by atoms with van der Waals surface area (Å²) in [5.41, 5.74) is 2.95. The molecule has 0 unspecified atom stereocenters. The monoisotopic (exact) mass is 248 g/mol. The van der Waals surface area contributed by atoms with Crippen molar-refractivity contribution in [1.82, 2.24) is 10.2 Å². The summed E-state index contributed by atoms with van der Waals surface area (Å²) in [4.78, 5) is 0. The molecule has 0 atom stereocenters. The van der Waals surface area contributed by atoms with E-state index in [4.69, 9.17) is 4.42 Å². The van der Waals surface area contributed by atoms with Gasteiger partial charge in [-0.2, -0.15) is 0 Å². The van der Waals surface area contributed by atoms with Gasteiger partial charge in [-0.25, -0.2) is 4.39 Å². The molecule has 86 valence electrons. The normalized spacial score (nSPS) is 9.94. The molecule has 1 heterocycles. The van der Waals surface area contributed by atoms with Crippen molar-refractivity contribution in [2.24, 2.45) is 0 Å². The third-order valence-corrected chi connectivity index (χ3v) is 2.69. The highest BCUT2D eigenvalue weighted by Crippen LogP contribution is 2.24. The molecule has 17 heavy (non-hydrogen) atoms. The molecule has 0 saturated heterocycles. The Morgan fingerprint density at radius 1 is 1.41 bits per heavy atom. The topological polar surface area (TPSA) is 38.9 Å². The molecule has 1 aromatic carbocycles. The molecule has 0 aliphatic rings. The van der Waals surface area contributed by atoms with Gasteiger partial charge in [0, 0.05) is 5.75 Å². The van der Waals surface area contributed by atoms with E-state index in [9.17, 15) is 4.39 Å². The van der Waals surface area contributed by atoms with Crippen LogP contribution in [0.3, 0.4) is 0 Å². The second-order valence-corrected chi connectivity index (χ2v) is 4.04. The smallest absolute Gasteiger partial charge is 0.277 e. The van der Waals surface area contributed by atoms with Crippen LogP contribution >= 0.6 is 11.8 Å². The summed E-state index contributed by atoms with van der Waals surface area (Å²) in [7, 11) is 0. The molecular formula is C12H9FN2OS. The lowest BCUT2D eigenvalue weighted by Gasteiger charge is -1.95. The van der Waals surface area contributed by atoms with Crippen LogP contribution in [-0.4, -0.2) is 16.0 Å². The predicted molar refractivity (Wildman–Crippen MR) is 64.1 cm³/mol. The second kappa shape index (κ2) is 5.48. The third kappa shape index (κ3) is 2.84. The van der Waals surface area contributed by atoms with Crippen molar-refractivity contribution < 1.29 is 8.81 Å². The van der Waals surface area contributed by atoms with Gasteiger partial charge in [0.1, 0.15) is 5.82 Å². The quantitative estimate of drug-likeness (QED) is 0.614. The van der Waals surface area contributed by atoms with Gasteiger partial charge in [-0.05, 0) is 18.2 Å². The average molecular weight is 248 g/mol. The Morgan fingerprint density at radius 3 is 3.00 bits per heavy atom. The molecule has 0 fully saturated rings. The SMILES string of the molecule is C=C=CCSc1nnc(-c2ccccc2F)o1. The summed E-state index contributed by atoms with van der Waals surface area (Å²) in [6.07, 6.45) is 1.75. The third-order valence-electron chi connectivity index (χ3n) is 1.95. The maximum Gasteiger partial charge on any atom is 0.277 e. The van der Waals surface area contributed by atoms with Crippen LogP contribution in [0.15, 0.2) is 52.3 Å². The van der Waals surface area contributed by atoms with E-state index in [-0.39, 0.29) is 11.7 Å². The maximum absolute atomic E-state index is 13.4. The summed E-state index contributed by atoms with van der Waals surface area (Å²) in [5, 5.41) is 8.01. The van der Waals surface area contributed by atoms with Gasteiger partial charge < -0.3 is 4.42 Å². The number of halogens is 1. The zero-order valence-corrected chi connectivity index (χ0v) is 9.71. The van der Waals surface area contributed by atoms with Crippen LogP contribution in [0.1, 0.15) is 0 Å². The van der Waals surface area contributed by atoms with Crippen molar-refractivity contribution >= 4 is 11.8 Å². The minimum atomic E-state index is -0.376. The second-order valence-electron chi connectivity index (χ2n) is 3.07. The van der Waals surface area contributed by atoms with Gasteiger partial charge >= 0.3 is 0 Å². The molecule has 0 aliphatic heterocycles. The summed E-state index contributed by atoms with van der Waals surface area (Å²) < 4.78 is 18.8. The molecule has 0 spiro atoms. The lowest BCUT2D eigenvalue weighted by Crippen LogP contribution is -1.82. The summed E-state index contributed by atoms with van der Waals surface area (Å²) in [6.45, 7) is 3.45. The Labute approximate surface area is 102 Å². The lowest BCUT2D eigenvalue weighted by atomic mass is 10.2. The number of hydrogen-bond acceptors (Lipinski definition) is 4. The Hall–Kier alpha value is -1.84. The summed E-state index contributed by atoms with van der Waals surface area (Å²) >= 11 is 1.35. The van der Waals surface area contributed by atoms with Crippen LogP contribution in [0.25, 0.3) is 11.5 Å². The van der Waals surface area contributed by atoms with Gasteiger partial charge in [0.25, 0.3) is 11.1 Å². The molecule has 0 N–H and O–H groups in total. The van der Waals surface area contributed by atoms with E-state index in [1.807, 2.05) is 0 Å². The largest absolute Gasteiger partial charge is 0.411 e. The Morgan fingerprint density at radius 2 is 2.24 bits per heavy atom. The first-order chi connectivity index (χ1) is 8.31. The van der Waals surface area contributed by atoms with Crippen LogP contribution < -0.4 is 0 Å². The molecule has 2 aromatic rings. The van der Waals surface area contributed by atoms with Gasteiger partial charge in [-0.15, -0.1) is 15.9 Å². The lowest BCUT2D eigenvalue weighted by molar-refractivity contribution is 0.463. The van der Waals surface area contributed by atoms with Crippen molar-refractivity contribution in [3.05, 3.63) is 48.5 Å². The van der Waals surface area contributed by atoms with Crippen molar-refractivity contribution in [2.75, 3.05) is 5.75 Å². The highest BCUT2D eigenvalue weighted by atomic mass is 32.2. The minimum absolute atomic E-state index is 0.188. The molecule has 0 amide bonds. The molecule has 0 aliphatic carbocycles. The minimum Gasteiger partial charge on any atom is -0.411 e. The molecule has 0 bridgehead atoms. The van der Waals surface area contributed by atoms with E-state index >= 15 is 0 Å². The fourth-order valence-corrected chi connectivity index (χ4v) is 1.76. The Balaban J connectivity index is 2.18. The van der Waals surface area contributed by atoms with Crippen LogP contribution in [-0.2, 0) is 0 Å². The fraction of sp³-hybridized carbons (Fsp3) is 0.0833. The summed E-state index contributed by atoms with van der Waals surface area (Å²) in [6, 6.07) is 6.28. The molecule has 5 heteroatoms. The molecule has 3 nitrogen and oxygen atoms in total. The first-order valence-corrected chi connectivity index (χ1v) is 5.85. The fourth-order valence-electron chi connectivity index (χ4n) is 1.18. The number of hydrogen-bond donors (Lipinski definition) is 0. The van der Waals surface area contributed by atoms with E-state index in [0.29, 0.717) is 16.5 Å². The van der Waals surface area contributed by atoms with Gasteiger partial charge in [-0.3, -0.25) is 0 Å². The standard InChI is InChI=1S/C12H9FN2OS/c1-2-3-8-17-12-15-14-11(16-12)9-6-4-5-7-10(9)13/h3-7H,1,8H2. The average Bonchev–Trinajstić information content (AvgIpc) is 2.79. The highest BCUT2D eigenvalue weighted by molar-refractivity contribution is 7.99. The summed E-state index contributed by atoms with van der Waals surface area (Å²) in [5.74, 6) is 0.453. The van der Waals surface area contributed by atoms with E-state index in [1.165, 1.54) is 17.8 Å². The van der Waals surface area contributed by atoms with E-state index in [2.05, 4.69) is 22.5 Å². The molecule has 0 radical (unpaired) electrons. The van der Waals surface area contributed by atoms with Crippen molar-refractivity contribution in [2.45, 2.75) is 5.22 Å². The predicted octanol–water partition coefficient (Wildman–Crippen LogP) is 3.31. The van der Waals surface area contributed by atoms with E-state index in [1.54, 1.807) is 24.3 Å². The van der Waals surface area contributed by atoms with Crippen LogP contribution in [0.4, 0.5) is 4.39 Å². The molecule has 2 rings (SSSR count). The van der Waals surface area contributed by atoms with Gasteiger partial charge in [0.05, 0.1) is 5.56 Å². The number of benzene rings is 1. The number of rotatable bonds is 4. The van der Waals surface area contributed by atoms with Gasteiger partial charge in [0.2, 0.25) is 0 Å². The van der Waals surface area contributed by atoms with Crippen LogP contribution in [0, 0.1) is 5.82 Å². The van der Waals surface area contributed by atoms with Crippen molar-refractivity contribution in [3.63, 3.8) is 0 Å². The first-order valence-electron chi connectivity index (χ1n) is 4.87. The Bertz CT molecular complexity index is 561. The van der Waals surface area contributed by atoms with Crippen LogP contribution in [0.5, 0.6) is 0 Å². The van der Waals surface area contributed by atoms with Crippen molar-refractivity contribution in [3.8, 4) is 11.5 Å². The maximum atomic E-state index is 13.4. The molecular weight excluding hydrogens is 239 g/mol. The number of nitrogens with zero attached hydrogens (tertiary/aromatic N) is 2. The van der Waals surface area contributed by atoms with Crippen molar-refractivity contribution in [1.29, 1.82) is 0 Å². The molecule has 1 aromatic heterocycles. The first kappa shape index (κ1) is 11.6. The zero-order valence-electron chi connectivity index (χ0n) is 8.89.